The standard InChI is InChI=1S/C18H22N2.C9H9Cl2N3/c1-19-13-6-14-20-17-9-4-2-7-15(17)11-12-16-8-3-5-10-18(16)20;10-6-2-1-3-7(11)8(6)14-9-12-4-5-13-9/h2-5,7-10,19H,6,11-14H2,1H3;1-3H,4-5H2,(H2,12,13,14). The van der Waals surface area contributed by atoms with Crippen LogP contribution < -0.4 is 20.9 Å². The number of para-hydroxylation sites is 3. The third-order valence-electron chi connectivity index (χ3n) is 5.92. The lowest BCUT2D eigenvalue weighted by Crippen LogP contribution is -2.26. The number of anilines is 3. The monoisotopic (exact) mass is 495 g/mol. The van der Waals surface area contributed by atoms with Crippen LogP contribution in [0.15, 0.2) is 71.7 Å². The summed E-state index contributed by atoms with van der Waals surface area (Å²) < 4.78 is 0. The van der Waals surface area contributed by atoms with E-state index in [0.717, 1.165) is 51.4 Å². The number of hydrogen-bond acceptors (Lipinski definition) is 5. The first-order valence-corrected chi connectivity index (χ1v) is 12.5. The SMILES string of the molecule is CNCCCN1c2ccccc2CCc2ccccc21.Clc1cccc(Cl)c1NC1=NCCN1. The van der Waals surface area contributed by atoms with Gasteiger partial charge in [0, 0.05) is 24.5 Å². The number of guanidine groups is 1. The molecule has 0 saturated carbocycles. The molecule has 0 atom stereocenters. The largest absolute Gasteiger partial charge is 0.354 e. The summed E-state index contributed by atoms with van der Waals surface area (Å²) in [5.41, 5.74) is 6.40. The molecule has 3 N–H and O–H groups in total. The fourth-order valence-corrected chi connectivity index (χ4v) is 4.73. The fraction of sp³-hybridized carbons (Fsp3) is 0.296. The first-order chi connectivity index (χ1) is 16.7. The highest BCUT2D eigenvalue weighted by Gasteiger charge is 2.19. The summed E-state index contributed by atoms with van der Waals surface area (Å²) in [5.74, 6) is 0.722. The lowest BCUT2D eigenvalue weighted by atomic mass is 10.0. The van der Waals surface area contributed by atoms with Crippen molar-refractivity contribution in [1.29, 1.82) is 0 Å². The topological polar surface area (TPSA) is 51.7 Å². The van der Waals surface area contributed by atoms with E-state index in [-0.39, 0.29) is 0 Å². The maximum Gasteiger partial charge on any atom is 0.196 e. The highest BCUT2D eigenvalue weighted by Crippen LogP contribution is 2.35. The maximum absolute atomic E-state index is 5.98. The van der Waals surface area contributed by atoms with Crippen LogP contribution in [0.2, 0.25) is 10.0 Å². The summed E-state index contributed by atoms with van der Waals surface area (Å²) in [6.07, 6.45) is 3.42. The molecule has 0 amide bonds. The molecule has 2 heterocycles. The van der Waals surface area contributed by atoms with Gasteiger partial charge in [0.15, 0.2) is 5.96 Å². The van der Waals surface area contributed by atoms with E-state index in [0.29, 0.717) is 15.7 Å². The van der Waals surface area contributed by atoms with Crippen molar-refractivity contribution in [2.75, 3.05) is 43.4 Å². The number of benzene rings is 3. The van der Waals surface area contributed by atoms with Crippen LogP contribution >= 0.6 is 23.2 Å². The summed E-state index contributed by atoms with van der Waals surface area (Å²) in [5, 5.41) is 10.6. The van der Waals surface area contributed by atoms with Gasteiger partial charge in [-0.15, -0.1) is 0 Å². The normalized spacial score (nSPS) is 14.1. The van der Waals surface area contributed by atoms with E-state index in [1.807, 2.05) is 7.05 Å². The van der Waals surface area contributed by atoms with Crippen molar-refractivity contribution < 1.29 is 0 Å². The Bertz CT molecular complexity index is 1060. The number of aliphatic imine (C=N–C) groups is 1. The molecule has 0 unspecified atom stereocenters. The van der Waals surface area contributed by atoms with E-state index in [1.165, 1.54) is 22.5 Å². The van der Waals surface area contributed by atoms with Crippen molar-refractivity contribution in [3.8, 4) is 0 Å². The Balaban J connectivity index is 0.000000172. The fourth-order valence-electron chi connectivity index (χ4n) is 4.24. The van der Waals surface area contributed by atoms with Gasteiger partial charge in [-0.1, -0.05) is 65.7 Å². The Kier molecular flexibility index (Phi) is 8.69. The number of rotatable bonds is 5. The molecule has 2 aliphatic heterocycles. The molecule has 0 aromatic heterocycles. The third kappa shape index (κ3) is 6.03. The van der Waals surface area contributed by atoms with Gasteiger partial charge in [-0.2, -0.15) is 0 Å². The molecule has 3 aromatic rings. The van der Waals surface area contributed by atoms with Gasteiger partial charge >= 0.3 is 0 Å². The van der Waals surface area contributed by atoms with Crippen molar-refractivity contribution in [2.24, 2.45) is 4.99 Å². The van der Waals surface area contributed by atoms with Gasteiger partial charge in [0.1, 0.15) is 0 Å². The summed E-state index contributed by atoms with van der Waals surface area (Å²) in [7, 11) is 2.02. The van der Waals surface area contributed by atoms with Crippen LogP contribution in [-0.2, 0) is 12.8 Å². The molecule has 0 bridgehead atoms. The summed E-state index contributed by atoms with van der Waals surface area (Å²) in [6, 6.07) is 23.0. The van der Waals surface area contributed by atoms with Crippen LogP contribution in [0.25, 0.3) is 0 Å². The molecule has 0 radical (unpaired) electrons. The van der Waals surface area contributed by atoms with Crippen LogP contribution in [-0.4, -0.2) is 39.2 Å². The van der Waals surface area contributed by atoms with E-state index in [4.69, 9.17) is 23.2 Å². The lowest BCUT2D eigenvalue weighted by Gasteiger charge is -2.27. The molecule has 5 rings (SSSR count). The molecule has 0 spiro atoms. The summed E-state index contributed by atoms with van der Waals surface area (Å²) in [6.45, 7) is 3.75. The quantitative estimate of drug-likeness (QED) is 0.385. The molecule has 2 aliphatic rings. The molecular weight excluding hydrogens is 465 g/mol. The van der Waals surface area contributed by atoms with Crippen molar-refractivity contribution in [1.82, 2.24) is 10.6 Å². The van der Waals surface area contributed by atoms with Crippen LogP contribution in [0.3, 0.4) is 0 Å². The number of nitrogens with one attached hydrogen (secondary N) is 3. The molecule has 34 heavy (non-hydrogen) atoms. The maximum atomic E-state index is 5.98. The van der Waals surface area contributed by atoms with Crippen molar-refractivity contribution >= 4 is 46.2 Å². The average Bonchev–Trinajstić information content (AvgIpc) is 3.32. The lowest BCUT2D eigenvalue weighted by molar-refractivity contribution is 0.723. The molecule has 7 heteroatoms. The van der Waals surface area contributed by atoms with Gasteiger partial charge in [0.25, 0.3) is 0 Å². The number of halogens is 2. The second kappa shape index (κ2) is 12.1. The van der Waals surface area contributed by atoms with E-state index in [1.54, 1.807) is 18.2 Å². The van der Waals surface area contributed by atoms with Crippen LogP contribution in [0, 0.1) is 0 Å². The molecule has 178 valence electrons. The van der Waals surface area contributed by atoms with Gasteiger partial charge in [-0.3, -0.25) is 4.99 Å². The van der Waals surface area contributed by atoms with E-state index < -0.39 is 0 Å². The van der Waals surface area contributed by atoms with Gasteiger partial charge in [-0.05, 0) is 68.2 Å². The molecule has 0 fully saturated rings. The average molecular weight is 496 g/mol. The summed E-state index contributed by atoms with van der Waals surface area (Å²) >= 11 is 12.0. The van der Waals surface area contributed by atoms with Crippen molar-refractivity contribution in [3.05, 3.63) is 87.9 Å². The smallest absolute Gasteiger partial charge is 0.196 e. The Morgan fingerprint density at radius 3 is 2.06 bits per heavy atom. The Morgan fingerprint density at radius 2 is 1.50 bits per heavy atom. The zero-order valence-electron chi connectivity index (χ0n) is 19.5. The Morgan fingerprint density at radius 1 is 0.882 bits per heavy atom. The number of nitrogens with zero attached hydrogens (tertiary/aromatic N) is 2. The predicted octanol–water partition coefficient (Wildman–Crippen LogP) is 5.90. The van der Waals surface area contributed by atoms with Gasteiger partial charge in [0.2, 0.25) is 0 Å². The second-order valence-corrected chi connectivity index (χ2v) is 9.06. The molecule has 0 saturated heterocycles. The molecule has 0 aliphatic carbocycles. The van der Waals surface area contributed by atoms with E-state index >= 15 is 0 Å². The second-order valence-electron chi connectivity index (χ2n) is 8.24. The van der Waals surface area contributed by atoms with Gasteiger partial charge in [-0.25, -0.2) is 0 Å². The van der Waals surface area contributed by atoms with Crippen LogP contribution in [0.5, 0.6) is 0 Å². The van der Waals surface area contributed by atoms with Crippen LogP contribution in [0.4, 0.5) is 17.1 Å². The predicted molar refractivity (Wildman–Crippen MR) is 146 cm³/mol. The van der Waals surface area contributed by atoms with E-state index in [9.17, 15) is 0 Å². The van der Waals surface area contributed by atoms with Crippen LogP contribution in [0.1, 0.15) is 17.5 Å². The first kappa shape index (κ1) is 24.4. The Labute approximate surface area is 212 Å². The zero-order valence-corrected chi connectivity index (χ0v) is 21.0. The number of hydrogen-bond donors (Lipinski definition) is 3. The minimum Gasteiger partial charge on any atom is -0.354 e. The molecular formula is C27H31Cl2N5. The number of aryl methyl sites for hydroxylation is 2. The summed E-state index contributed by atoms with van der Waals surface area (Å²) in [4.78, 5) is 6.69. The molecule has 5 nitrogen and oxygen atoms in total. The zero-order chi connectivity index (χ0) is 23.8. The Hall–Kier alpha value is -2.73. The minimum atomic E-state index is 0.592. The van der Waals surface area contributed by atoms with Crippen molar-refractivity contribution in [3.63, 3.8) is 0 Å². The van der Waals surface area contributed by atoms with Gasteiger partial charge < -0.3 is 20.9 Å². The van der Waals surface area contributed by atoms with E-state index in [2.05, 4.69) is 74.4 Å². The minimum absolute atomic E-state index is 0.592. The highest BCUT2D eigenvalue weighted by molar-refractivity contribution is 6.39. The van der Waals surface area contributed by atoms with Crippen molar-refractivity contribution in [2.45, 2.75) is 19.3 Å². The van der Waals surface area contributed by atoms with Gasteiger partial charge in [0.05, 0.1) is 22.3 Å². The first-order valence-electron chi connectivity index (χ1n) is 11.7. The number of fused-ring (bicyclic) bond motifs is 2. The highest BCUT2D eigenvalue weighted by atomic mass is 35.5. The third-order valence-corrected chi connectivity index (χ3v) is 6.55. The molecule has 3 aromatic carbocycles.